The molecule has 6 nitrogen and oxygen atoms in total. The Balaban J connectivity index is 2.05. The maximum atomic E-state index is 10.6. The van der Waals surface area contributed by atoms with Crippen LogP contribution in [0.1, 0.15) is 27.6 Å². The monoisotopic (exact) mass is 235 g/mol. The third kappa shape index (κ3) is 2.30. The molecule has 0 aliphatic carbocycles. The number of hydrogen-bond donors (Lipinski definition) is 2. The van der Waals surface area contributed by atoms with Gasteiger partial charge in [0.2, 0.25) is 0 Å². The molecule has 2 aromatic rings. The number of nitrogens with one attached hydrogen (secondary N) is 1. The summed E-state index contributed by atoms with van der Waals surface area (Å²) in [4.78, 5) is 10.6. The first kappa shape index (κ1) is 11.3. The van der Waals surface area contributed by atoms with Gasteiger partial charge in [-0.05, 0) is 26.0 Å². The summed E-state index contributed by atoms with van der Waals surface area (Å²) in [5.74, 6) is -0.608. The van der Waals surface area contributed by atoms with Crippen molar-refractivity contribution in [3.63, 3.8) is 0 Å². The molecule has 0 atom stereocenters. The standard InChI is InChI=1S/C11H13N3O3/c1-7-3-4-8(2)14(7)12-6-9-5-10(11(15)16)13-17-9/h3-5,12H,6H2,1-2H3,(H,15,16). The van der Waals surface area contributed by atoms with Crippen molar-refractivity contribution in [2.24, 2.45) is 0 Å². The predicted octanol–water partition coefficient (Wildman–Crippen LogP) is 1.53. The maximum absolute atomic E-state index is 10.6. The zero-order chi connectivity index (χ0) is 12.4. The van der Waals surface area contributed by atoms with Crippen molar-refractivity contribution < 1.29 is 14.4 Å². The molecule has 90 valence electrons. The first-order valence-corrected chi connectivity index (χ1v) is 5.15. The molecule has 2 heterocycles. The summed E-state index contributed by atoms with van der Waals surface area (Å²) < 4.78 is 6.80. The average molecular weight is 235 g/mol. The summed E-state index contributed by atoms with van der Waals surface area (Å²) in [6, 6.07) is 5.39. The molecule has 0 aliphatic heterocycles. The van der Waals surface area contributed by atoms with Crippen molar-refractivity contribution in [2.75, 3.05) is 5.43 Å². The summed E-state index contributed by atoms with van der Waals surface area (Å²) in [5.41, 5.74) is 5.18. The van der Waals surface area contributed by atoms with E-state index in [0.29, 0.717) is 12.3 Å². The van der Waals surface area contributed by atoms with Crippen LogP contribution in [0.4, 0.5) is 0 Å². The van der Waals surface area contributed by atoms with Gasteiger partial charge in [-0.2, -0.15) is 0 Å². The van der Waals surface area contributed by atoms with Crippen LogP contribution >= 0.6 is 0 Å². The Bertz CT molecular complexity index is 522. The highest BCUT2D eigenvalue weighted by atomic mass is 16.5. The first-order valence-electron chi connectivity index (χ1n) is 5.15. The van der Waals surface area contributed by atoms with E-state index < -0.39 is 5.97 Å². The van der Waals surface area contributed by atoms with E-state index in [9.17, 15) is 4.79 Å². The van der Waals surface area contributed by atoms with Gasteiger partial charge in [-0.1, -0.05) is 5.16 Å². The van der Waals surface area contributed by atoms with Crippen LogP contribution in [0.3, 0.4) is 0 Å². The third-order valence-corrected chi connectivity index (χ3v) is 2.46. The van der Waals surface area contributed by atoms with E-state index in [0.717, 1.165) is 11.4 Å². The minimum atomic E-state index is -1.09. The number of aromatic carboxylic acids is 1. The number of rotatable bonds is 4. The highest BCUT2D eigenvalue weighted by Crippen LogP contribution is 2.07. The normalized spacial score (nSPS) is 10.5. The van der Waals surface area contributed by atoms with Gasteiger partial charge in [0.05, 0.1) is 6.54 Å². The van der Waals surface area contributed by atoms with E-state index in [1.165, 1.54) is 6.07 Å². The number of aromatic nitrogens is 2. The molecule has 0 bridgehead atoms. The van der Waals surface area contributed by atoms with Crippen molar-refractivity contribution in [1.29, 1.82) is 0 Å². The van der Waals surface area contributed by atoms with Gasteiger partial charge in [0.15, 0.2) is 11.5 Å². The Labute approximate surface area is 97.8 Å². The van der Waals surface area contributed by atoms with E-state index in [4.69, 9.17) is 9.63 Å². The van der Waals surface area contributed by atoms with Crippen molar-refractivity contribution in [3.8, 4) is 0 Å². The van der Waals surface area contributed by atoms with Gasteiger partial charge in [0.25, 0.3) is 0 Å². The minimum Gasteiger partial charge on any atom is -0.476 e. The zero-order valence-electron chi connectivity index (χ0n) is 9.60. The van der Waals surface area contributed by atoms with E-state index in [1.807, 2.05) is 30.7 Å². The molecule has 0 aromatic carbocycles. The Hall–Kier alpha value is -2.24. The Morgan fingerprint density at radius 2 is 2.12 bits per heavy atom. The van der Waals surface area contributed by atoms with Crippen LogP contribution < -0.4 is 5.43 Å². The van der Waals surface area contributed by atoms with Crippen LogP contribution in [-0.4, -0.2) is 20.9 Å². The molecule has 0 spiro atoms. The van der Waals surface area contributed by atoms with Gasteiger partial charge in [0, 0.05) is 17.5 Å². The minimum absolute atomic E-state index is 0.0808. The second-order valence-electron chi connectivity index (χ2n) is 3.77. The lowest BCUT2D eigenvalue weighted by molar-refractivity contribution is 0.0685. The Morgan fingerprint density at radius 3 is 2.65 bits per heavy atom. The van der Waals surface area contributed by atoms with Crippen LogP contribution in [0.25, 0.3) is 0 Å². The second-order valence-corrected chi connectivity index (χ2v) is 3.77. The van der Waals surface area contributed by atoms with Crippen LogP contribution in [0, 0.1) is 13.8 Å². The fraction of sp³-hybridized carbons (Fsp3) is 0.273. The highest BCUT2D eigenvalue weighted by molar-refractivity contribution is 5.85. The number of nitrogens with zero attached hydrogens (tertiary/aromatic N) is 2. The first-order chi connectivity index (χ1) is 8.08. The second kappa shape index (κ2) is 4.32. The molecule has 0 saturated heterocycles. The van der Waals surface area contributed by atoms with Gasteiger partial charge in [-0.3, -0.25) is 4.68 Å². The van der Waals surface area contributed by atoms with Gasteiger partial charge in [-0.25, -0.2) is 4.79 Å². The molecule has 0 amide bonds. The van der Waals surface area contributed by atoms with Crippen LogP contribution in [0.5, 0.6) is 0 Å². The summed E-state index contributed by atoms with van der Waals surface area (Å²) >= 11 is 0. The van der Waals surface area contributed by atoms with Crippen molar-refractivity contribution in [2.45, 2.75) is 20.4 Å². The molecule has 2 aromatic heterocycles. The SMILES string of the molecule is Cc1ccc(C)n1NCc1cc(C(=O)O)no1. The molecule has 6 heteroatoms. The molecule has 17 heavy (non-hydrogen) atoms. The number of carboxylic acids is 1. The largest absolute Gasteiger partial charge is 0.476 e. The van der Waals surface area contributed by atoms with Gasteiger partial charge < -0.3 is 15.1 Å². The lowest BCUT2D eigenvalue weighted by Gasteiger charge is -2.10. The number of aryl methyl sites for hydroxylation is 2. The average Bonchev–Trinajstić information content (AvgIpc) is 2.85. The Kier molecular flexibility index (Phi) is 2.86. The molecular weight excluding hydrogens is 222 g/mol. The molecule has 2 N–H and O–H groups in total. The summed E-state index contributed by atoms with van der Waals surface area (Å²) in [7, 11) is 0. The van der Waals surface area contributed by atoms with Gasteiger partial charge in [-0.15, -0.1) is 0 Å². The van der Waals surface area contributed by atoms with Crippen molar-refractivity contribution in [3.05, 3.63) is 41.0 Å². The van der Waals surface area contributed by atoms with E-state index in [2.05, 4.69) is 10.6 Å². The fourth-order valence-electron chi connectivity index (χ4n) is 1.57. The molecule has 2 rings (SSSR count). The number of carbonyl (C=O) groups is 1. The van der Waals surface area contributed by atoms with Crippen molar-refractivity contribution in [1.82, 2.24) is 9.83 Å². The van der Waals surface area contributed by atoms with E-state index in [1.54, 1.807) is 0 Å². The lowest BCUT2D eigenvalue weighted by atomic mass is 10.4. The van der Waals surface area contributed by atoms with Gasteiger partial charge >= 0.3 is 5.97 Å². The third-order valence-electron chi connectivity index (χ3n) is 2.46. The fourth-order valence-corrected chi connectivity index (χ4v) is 1.57. The summed E-state index contributed by atoms with van der Waals surface area (Å²) in [6.45, 7) is 4.34. The number of hydrogen-bond acceptors (Lipinski definition) is 4. The van der Waals surface area contributed by atoms with Crippen LogP contribution in [0.15, 0.2) is 22.7 Å². The topological polar surface area (TPSA) is 80.3 Å². The molecule has 0 saturated carbocycles. The molecule has 0 unspecified atom stereocenters. The van der Waals surface area contributed by atoms with Crippen LogP contribution in [-0.2, 0) is 6.54 Å². The smallest absolute Gasteiger partial charge is 0.358 e. The maximum Gasteiger partial charge on any atom is 0.358 e. The Morgan fingerprint density at radius 1 is 1.47 bits per heavy atom. The molecule has 0 radical (unpaired) electrons. The quantitative estimate of drug-likeness (QED) is 0.840. The molecule has 0 aliphatic rings. The van der Waals surface area contributed by atoms with Crippen LogP contribution in [0.2, 0.25) is 0 Å². The molecular formula is C11H13N3O3. The highest BCUT2D eigenvalue weighted by Gasteiger charge is 2.10. The summed E-state index contributed by atoms with van der Waals surface area (Å²) in [6.07, 6.45) is 0. The zero-order valence-corrected chi connectivity index (χ0v) is 9.60. The lowest BCUT2D eigenvalue weighted by Crippen LogP contribution is -2.16. The van der Waals surface area contributed by atoms with E-state index in [-0.39, 0.29) is 5.69 Å². The molecule has 0 fully saturated rings. The van der Waals surface area contributed by atoms with Gasteiger partial charge in [0.1, 0.15) is 0 Å². The van der Waals surface area contributed by atoms with E-state index >= 15 is 0 Å². The predicted molar refractivity (Wildman–Crippen MR) is 60.4 cm³/mol. The summed E-state index contributed by atoms with van der Waals surface area (Å²) in [5, 5.41) is 12.1. The van der Waals surface area contributed by atoms with Crippen molar-refractivity contribution >= 4 is 5.97 Å². The number of carboxylic acid groups (broad SMARTS) is 1.